The summed E-state index contributed by atoms with van der Waals surface area (Å²) in [4.78, 5) is 17.6. The number of rotatable bonds is 5. The molecule has 0 aliphatic heterocycles. The second-order valence-electron chi connectivity index (χ2n) is 5.61. The molecule has 3 rings (SSSR count). The predicted octanol–water partition coefficient (Wildman–Crippen LogP) is 4.80. The molecule has 7 heteroatoms. The minimum absolute atomic E-state index is 0.0115. The molecule has 26 heavy (non-hydrogen) atoms. The lowest BCUT2D eigenvalue weighted by Gasteiger charge is -2.14. The Balaban J connectivity index is 1.70. The summed E-state index contributed by atoms with van der Waals surface area (Å²) in [5.74, 6) is -1.28. The molecule has 0 radical (unpaired) electrons. The number of anilines is 1. The lowest BCUT2D eigenvalue weighted by atomic mass is 10.1. The van der Waals surface area contributed by atoms with Crippen LogP contribution in [0.25, 0.3) is 11.3 Å². The number of hydrogen-bond donors (Lipinski definition) is 1. The van der Waals surface area contributed by atoms with Crippen LogP contribution in [0.4, 0.5) is 13.9 Å². The minimum Gasteiger partial charge on any atom is -0.478 e. The van der Waals surface area contributed by atoms with Crippen LogP contribution < -0.4 is 10.1 Å². The van der Waals surface area contributed by atoms with Crippen molar-refractivity contribution in [1.82, 2.24) is 4.98 Å². The van der Waals surface area contributed by atoms with E-state index in [1.54, 1.807) is 24.3 Å². The van der Waals surface area contributed by atoms with Gasteiger partial charge in [0.25, 0.3) is 5.91 Å². The van der Waals surface area contributed by atoms with Crippen LogP contribution in [0.5, 0.6) is 5.75 Å². The highest BCUT2D eigenvalue weighted by atomic mass is 32.1. The van der Waals surface area contributed by atoms with Crippen molar-refractivity contribution in [3.63, 3.8) is 0 Å². The van der Waals surface area contributed by atoms with E-state index in [0.717, 1.165) is 10.4 Å². The van der Waals surface area contributed by atoms with Crippen LogP contribution in [0.1, 0.15) is 11.8 Å². The maximum absolute atomic E-state index is 13.6. The minimum atomic E-state index is -0.898. The van der Waals surface area contributed by atoms with Gasteiger partial charge in [0.1, 0.15) is 5.82 Å². The number of para-hydroxylation sites is 1. The summed E-state index contributed by atoms with van der Waals surface area (Å²) < 4.78 is 32.0. The Morgan fingerprint density at radius 2 is 1.85 bits per heavy atom. The van der Waals surface area contributed by atoms with Crippen LogP contribution in [-0.4, -0.2) is 17.0 Å². The molecule has 3 aromatic rings. The number of benzene rings is 2. The van der Waals surface area contributed by atoms with Crippen molar-refractivity contribution < 1.29 is 18.3 Å². The van der Waals surface area contributed by atoms with Crippen molar-refractivity contribution >= 4 is 22.4 Å². The Labute approximate surface area is 153 Å². The Morgan fingerprint density at radius 1 is 1.15 bits per heavy atom. The number of carbonyl (C=O) groups is 1. The van der Waals surface area contributed by atoms with Gasteiger partial charge in [-0.2, -0.15) is 0 Å². The first kappa shape index (κ1) is 18.0. The van der Waals surface area contributed by atoms with E-state index in [1.807, 2.05) is 6.92 Å². The molecule has 1 unspecified atom stereocenters. The third-order valence-corrected chi connectivity index (χ3v) is 4.54. The van der Waals surface area contributed by atoms with Crippen LogP contribution in [0.3, 0.4) is 0 Å². The quantitative estimate of drug-likeness (QED) is 0.698. The van der Waals surface area contributed by atoms with E-state index in [1.165, 1.54) is 42.5 Å². The fourth-order valence-corrected chi connectivity index (χ4v) is 3.16. The summed E-state index contributed by atoms with van der Waals surface area (Å²) in [5.41, 5.74) is 1.43. The third-order valence-electron chi connectivity index (χ3n) is 3.65. The normalized spacial score (nSPS) is 11.8. The van der Waals surface area contributed by atoms with E-state index in [0.29, 0.717) is 10.8 Å². The topological polar surface area (TPSA) is 51.2 Å². The van der Waals surface area contributed by atoms with Crippen LogP contribution in [0, 0.1) is 18.6 Å². The number of thiazole rings is 1. The number of nitrogens with one attached hydrogen (secondary N) is 1. The molecule has 0 saturated heterocycles. The summed E-state index contributed by atoms with van der Waals surface area (Å²) in [6.07, 6.45) is -0.898. The van der Waals surface area contributed by atoms with Crippen molar-refractivity contribution in [2.45, 2.75) is 20.0 Å². The maximum atomic E-state index is 13.6. The summed E-state index contributed by atoms with van der Waals surface area (Å²) in [6.45, 7) is 3.40. The van der Waals surface area contributed by atoms with E-state index in [2.05, 4.69) is 10.3 Å². The van der Waals surface area contributed by atoms with Gasteiger partial charge in [0, 0.05) is 10.4 Å². The summed E-state index contributed by atoms with van der Waals surface area (Å²) >= 11 is 1.30. The first-order valence-corrected chi connectivity index (χ1v) is 8.71. The molecule has 1 atom stereocenters. The molecule has 0 aliphatic rings. The Bertz CT molecular complexity index is 926. The molecule has 0 aliphatic carbocycles. The molecule has 0 bridgehead atoms. The fourth-order valence-electron chi connectivity index (χ4n) is 2.32. The number of hydrogen-bond acceptors (Lipinski definition) is 4. The first-order chi connectivity index (χ1) is 12.4. The highest BCUT2D eigenvalue weighted by Crippen LogP contribution is 2.30. The molecular formula is C19H16F2N2O2S. The van der Waals surface area contributed by atoms with E-state index < -0.39 is 17.8 Å². The number of amides is 1. The smallest absolute Gasteiger partial charge is 0.266 e. The number of carbonyl (C=O) groups excluding carboxylic acids is 1. The summed E-state index contributed by atoms with van der Waals surface area (Å²) in [7, 11) is 0. The van der Waals surface area contributed by atoms with Gasteiger partial charge in [-0.05, 0) is 50.2 Å². The number of halogens is 2. The van der Waals surface area contributed by atoms with Gasteiger partial charge in [-0.15, -0.1) is 11.3 Å². The lowest BCUT2D eigenvalue weighted by Crippen LogP contribution is -2.30. The molecule has 0 saturated carbocycles. The zero-order valence-electron chi connectivity index (χ0n) is 14.1. The molecule has 1 heterocycles. The van der Waals surface area contributed by atoms with E-state index in [9.17, 15) is 13.6 Å². The zero-order valence-corrected chi connectivity index (χ0v) is 14.9. The standard InChI is InChI=1S/C19H16F2N2O2S/c1-11(25-16-6-4-3-5-15(16)21)18(24)23-19-22-17(12(2)26-19)13-7-9-14(20)10-8-13/h3-11H,1-2H3,(H,22,23,24). The predicted molar refractivity (Wildman–Crippen MR) is 97.4 cm³/mol. The Morgan fingerprint density at radius 3 is 2.54 bits per heavy atom. The van der Waals surface area contributed by atoms with Crippen molar-refractivity contribution in [3.05, 3.63) is 65.0 Å². The average Bonchev–Trinajstić information content (AvgIpc) is 2.97. The molecule has 0 fully saturated rings. The Hall–Kier alpha value is -2.80. The monoisotopic (exact) mass is 374 g/mol. The van der Waals surface area contributed by atoms with Gasteiger partial charge < -0.3 is 4.74 Å². The zero-order chi connectivity index (χ0) is 18.7. The molecule has 1 N–H and O–H groups in total. The molecular weight excluding hydrogens is 358 g/mol. The van der Waals surface area contributed by atoms with E-state index >= 15 is 0 Å². The van der Waals surface area contributed by atoms with Gasteiger partial charge in [0.05, 0.1) is 5.69 Å². The van der Waals surface area contributed by atoms with Gasteiger partial charge in [-0.3, -0.25) is 10.1 Å². The van der Waals surface area contributed by atoms with Crippen molar-refractivity contribution in [2.24, 2.45) is 0 Å². The highest BCUT2D eigenvalue weighted by Gasteiger charge is 2.19. The Kier molecular flexibility index (Phi) is 5.27. The van der Waals surface area contributed by atoms with Crippen LogP contribution in [0.2, 0.25) is 0 Å². The third kappa shape index (κ3) is 4.05. The van der Waals surface area contributed by atoms with Crippen molar-refractivity contribution in [2.75, 3.05) is 5.32 Å². The first-order valence-electron chi connectivity index (χ1n) is 7.89. The molecule has 1 amide bonds. The second-order valence-corrected chi connectivity index (χ2v) is 6.81. The SMILES string of the molecule is Cc1sc(NC(=O)C(C)Oc2ccccc2F)nc1-c1ccc(F)cc1. The average molecular weight is 374 g/mol. The van der Waals surface area contributed by atoms with Gasteiger partial charge in [0.2, 0.25) is 0 Å². The lowest BCUT2D eigenvalue weighted by molar-refractivity contribution is -0.122. The van der Waals surface area contributed by atoms with Gasteiger partial charge >= 0.3 is 0 Å². The van der Waals surface area contributed by atoms with Gasteiger partial charge in [-0.1, -0.05) is 12.1 Å². The number of aryl methyl sites for hydroxylation is 1. The number of aromatic nitrogens is 1. The highest BCUT2D eigenvalue weighted by molar-refractivity contribution is 7.16. The molecule has 4 nitrogen and oxygen atoms in total. The summed E-state index contributed by atoms with van der Waals surface area (Å²) in [5, 5.41) is 3.07. The van der Waals surface area contributed by atoms with Gasteiger partial charge in [-0.25, -0.2) is 13.8 Å². The van der Waals surface area contributed by atoms with Crippen LogP contribution in [-0.2, 0) is 4.79 Å². The van der Waals surface area contributed by atoms with Crippen molar-refractivity contribution in [1.29, 1.82) is 0 Å². The van der Waals surface area contributed by atoms with Crippen molar-refractivity contribution in [3.8, 4) is 17.0 Å². The van der Waals surface area contributed by atoms with Crippen LogP contribution >= 0.6 is 11.3 Å². The van der Waals surface area contributed by atoms with E-state index in [-0.39, 0.29) is 11.6 Å². The number of ether oxygens (including phenoxy) is 1. The molecule has 0 spiro atoms. The van der Waals surface area contributed by atoms with Gasteiger partial charge in [0.15, 0.2) is 22.8 Å². The van der Waals surface area contributed by atoms with Crippen LogP contribution in [0.15, 0.2) is 48.5 Å². The summed E-state index contributed by atoms with van der Waals surface area (Å²) in [6, 6.07) is 11.9. The number of nitrogens with zero attached hydrogens (tertiary/aromatic N) is 1. The molecule has 2 aromatic carbocycles. The fraction of sp³-hybridized carbons (Fsp3) is 0.158. The maximum Gasteiger partial charge on any atom is 0.266 e. The molecule has 134 valence electrons. The second kappa shape index (κ2) is 7.61. The molecule has 1 aromatic heterocycles. The van der Waals surface area contributed by atoms with E-state index in [4.69, 9.17) is 4.74 Å². The largest absolute Gasteiger partial charge is 0.478 e.